The fraction of sp³-hybridized carbons (Fsp3) is 0.600. The Labute approximate surface area is 88.0 Å². The molecule has 1 rings (SSSR count). The minimum Gasteiger partial charge on any atom is -0.481 e. The molecule has 0 aliphatic rings. The molecule has 1 unspecified atom stereocenters. The Bertz CT molecular complexity index is 403. The Morgan fingerprint density at radius 1 is 1.40 bits per heavy atom. The highest BCUT2D eigenvalue weighted by atomic mass is 16.4. The molecule has 0 bridgehead atoms. The number of nitrogens with zero attached hydrogens (tertiary/aromatic N) is 2. The van der Waals surface area contributed by atoms with Gasteiger partial charge < -0.3 is 5.11 Å². The van der Waals surface area contributed by atoms with Crippen molar-refractivity contribution in [2.75, 3.05) is 0 Å². The van der Waals surface area contributed by atoms with Gasteiger partial charge in [-0.2, -0.15) is 0 Å². The highest BCUT2D eigenvalue weighted by Gasteiger charge is 2.14. The van der Waals surface area contributed by atoms with Crippen LogP contribution >= 0.6 is 0 Å². The Morgan fingerprint density at radius 2 is 2.00 bits per heavy atom. The third kappa shape index (κ3) is 2.49. The van der Waals surface area contributed by atoms with Crippen molar-refractivity contribution in [3.63, 3.8) is 0 Å². The quantitative estimate of drug-likeness (QED) is 0.808. The van der Waals surface area contributed by atoms with Gasteiger partial charge in [-0.05, 0) is 13.8 Å². The van der Waals surface area contributed by atoms with Gasteiger partial charge in [0.25, 0.3) is 0 Å². The summed E-state index contributed by atoms with van der Waals surface area (Å²) in [5, 5.41) is 8.73. The van der Waals surface area contributed by atoms with E-state index in [-0.39, 0.29) is 18.3 Å². The molecule has 0 spiro atoms. The normalized spacial score (nSPS) is 13.1. The minimum absolute atomic E-state index is 0.0962. The SMILES string of the molecule is CC(Cn1ccn(C(C)C)c1=O)C(=O)O. The number of hydrogen-bond acceptors (Lipinski definition) is 2. The van der Waals surface area contributed by atoms with Crippen molar-refractivity contribution in [2.24, 2.45) is 5.92 Å². The fourth-order valence-electron chi connectivity index (χ4n) is 1.33. The number of carboxylic acid groups (broad SMARTS) is 1. The van der Waals surface area contributed by atoms with Gasteiger partial charge in [0.15, 0.2) is 0 Å². The van der Waals surface area contributed by atoms with Gasteiger partial charge in [-0.1, -0.05) is 6.92 Å². The molecule has 0 saturated carbocycles. The molecule has 0 aliphatic heterocycles. The van der Waals surface area contributed by atoms with Crippen LogP contribution in [0.5, 0.6) is 0 Å². The first-order valence-corrected chi connectivity index (χ1v) is 4.93. The van der Waals surface area contributed by atoms with E-state index in [1.165, 1.54) is 4.57 Å². The summed E-state index contributed by atoms with van der Waals surface area (Å²) in [4.78, 5) is 22.3. The number of carbonyl (C=O) groups is 1. The van der Waals surface area contributed by atoms with E-state index in [4.69, 9.17) is 5.11 Å². The third-order valence-corrected chi connectivity index (χ3v) is 2.32. The van der Waals surface area contributed by atoms with Gasteiger partial charge in [0.2, 0.25) is 0 Å². The standard InChI is InChI=1S/C10H16N2O3/c1-7(2)12-5-4-11(10(12)15)6-8(3)9(13)14/h4-5,7-8H,6H2,1-3H3,(H,13,14). The molecule has 84 valence electrons. The zero-order chi connectivity index (χ0) is 11.6. The van der Waals surface area contributed by atoms with Gasteiger partial charge in [0.05, 0.1) is 5.92 Å². The van der Waals surface area contributed by atoms with Gasteiger partial charge in [-0.3, -0.25) is 13.9 Å². The molecule has 5 heteroatoms. The molecule has 1 aromatic rings. The van der Waals surface area contributed by atoms with Crippen molar-refractivity contribution in [3.8, 4) is 0 Å². The lowest BCUT2D eigenvalue weighted by atomic mass is 10.2. The average Bonchev–Trinajstić information content (AvgIpc) is 2.48. The van der Waals surface area contributed by atoms with Crippen molar-refractivity contribution in [2.45, 2.75) is 33.4 Å². The molecule has 15 heavy (non-hydrogen) atoms. The van der Waals surface area contributed by atoms with Crippen LogP contribution in [0.4, 0.5) is 0 Å². The first-order chi connectivity index (χ1) is 6.93. The summed E-state index contributed by atoms with van der Waals surface area (Å²) in [5.74, 6) is -1.44. The van der Waals surface area contributed by atoms with Crippen LogP contribution in [0.3, 0.4) is 0 Å². The number of hydrogen-bond donors (Lipinski definition) is 1. The van der Waals surface area contributed by atoms with Crippen LogP contribution < -0.4 is 5.69 Å². The Hall–Kier alpha value is -1.52. The zero-order valence-electron chi connectivity index (χ0n) is 9.17. The Balaban J connectivity index is 2.89. The summed E-state index contributed by atoms with van der Waals surface area (Å²) in [7, 11) is 0. The van der Waals surface area contributed by atoms with E-state index in [1.807, 2.05) is 13.8 Å². The van der Waals surface area contributed by atoms with Gasteiger partial charge in [0.1, 0.15) is 0 Å². The molecule has 0 aliphatic carbocycles. The summed E-state index contributed by atoms with van der Waals surface area (Å²) in [6, 6.07) is 0.0962. The Kier molecular flexibility index (Phi) is 3.34. The van der Waals surface area contributed by atoms with E-state index in [9.17, 15) is 9.59 Å². The van der Waals surface area contributed by atoms with E-state index in [1.54, 1.807) is 23.9 Å². The molecular weight excluding hydrogens is 196 g/mol. The molecule has 0 amide bonds. The monoisotopic (exact) mass is 212 g/mol. The van der Waals surface area contributed by atoms with Crippen molar-refractivity contribution >= 4 is 5.97 Å². The summed E-state index contributed by atoms with van der Waals surface area (Å²) >= 11 is 0. The molecule has 1 heterocycles. The van der Waals surface area contributed by atoms with Crippen molar-refractivity contribution in [1.29, 1.82) is 0 Å². The second-order valence-electron chi connectivity index (χ2n) is 3.97. The van der Waals surface area contributed by atoms with E-state index < -0.39 is 11.9 Å². The summed E-state index contributed by atoms with van der Waals surface area (Å²) in [6.07, 6.45) is 3.31. The lowest BCUT2D eigenvalue weighted by Crippen LogP contribution is -2.28. The van der Waals surface area contributed by atoms with Crippen LogP contribution in [0.2, 0.25) is 0 Å². The van der Waals surface area contributed by atoms with Crippen molar-refractivity contribution in [1.82, 2.24) is 9.13 Å². The number of carboxylic acids is 1. The van der Waals surface area contributed by atoms with E-state index in [0.29, 0.717) is 0 Å². The summed E-state index contributed by atoms with van der Waals surface area (Å²) in [6.45, 7) is 5.62. The van der Waals surface area contributed by atoms with Gasteiger partial charge in [-0.15, -0.1) is 0 Å². The maximum absolute atomic E-state index is 11.7. The molecular formula is C10H16N2O3. The van der Waals surface area contributed by atoms with Crippen LogP contribution in [0.1, 0.15) is 26.8 Å². The van der Waals surface area contributed by atoms with Crippen LogP contribution in [0.25, 0.3) is 0 Å². The smallest absolute Gasteiger partial charge is 0.328 e. The second kappa shape index (κ2) is 4.33. The van der Waals surface area contributed by atoms with E-state index in [2.05, 4.69) is 0 Å². The molecule has 0 fully saturated rings. The van der Waals surface area contributed by atoms with Crippen LogP contribution in [0, 0.1) is 5.92 Å². The van der Waals surface area contributed by atoms with E-state index in [0.717, 1.165) is 0 Å². The predicted octanol–water partition coefficient (Wildman–Crippen LogP) is 0.951. The van der Waals surface area contributed by atoms with Gasteiger partial charge in [-0.25, -0.2) is 4.79 Å². The molecule has 1 aromatic heterocycles. The van der Waals surface area contributed by atoms with Crippen LogP contribution in [-0.2, 0) is 11.3 Å². The summed E-state index contributed by atoms with van der Waals surface area (Å²) < 4.78 is 3.01. The van der Waals surface area contributed by atoms with Crippen molar-refractivity contribution < 1.29 is 9.90 Å². The number of imidazole rings is 1. The first kappa shape index (κ1) is 11.6. The largest absolute Gasteiger partial charge is 0.481 e. The first-order valence-electron chi connectivity index (χ1n) is 4.93. The highest BCUT2D eigenvalue weighted by molar-refractivity contribution is 5.69. The maximum atomic E-state index is 11.7. The zero-order valence-corrected chi connectivity index (χ0v) is 9.17. The van der Waals surface area contributed by atoms with Crippen LogP contribution in [-0.4, -0.2) is 20.2 Å². The molecule has 5 nitrogen and oxygen atoms in total. The van der Waals surface area contributed by atoms with Gasteiger partial charge >= 0.3 is 11.7 Å². The lowest BCUT2D eigenvalue weighted by molar-refractivity contribution is -0.141. The van der Waals surface area contributed by atoms with Gasteiger partial charge in [0, 0.05) is 25.0 Å². The molecule has 0 radical (unpaired) electrons. The predicted molar refractivity (Wildman–Crippen MR) is 55.9 cm³/mol. The summed E-state index contributed by atoms with van der Waals surface area (Å²) in [5.41, 5.74) is -0.155. The molecule has 1 N–H and O–H groups in total. The molecule has 0 aromatic carbocycles. The highest BCUT2D eigenvalue weighted by Crippen LogP contribution is 2.02. The van der Waals surface area contributed by atoms with Crippen molar-refractivity contribution in [3.05, 3.63) is 22.9 Å². The second-order valence-corrected chi connectivity index (χ2v) is 3.97. The lowest BCUT2D eigenvalue weighted by Gasteiger charge is -2.07. The fourth-order valence-corrected chi connectivity index (χ4v) is 1.33. The Morgan fingerprint density at radius 3 is 2.40 bits per heavy atom. The topological polar surface area (TPSA) is 64.2 Å². The number of aliphatic carboxylic acids is 1. The molecule has 0 saturated heterocycles. The van der Waals surface area contributed by atoms with Crippen LogP contribution in [0.15, 0.2) is 17.2 Å². The third-order valence-electron chi connectivity index (χ3n) is 2.32. The van der Waals surface area contributed by atoms with E-state index >= 15 is 0 Å². The minimum atomic E-state index is -0.890. The number of aromatic nitrogens is 2. The number of rotatable bonds is 4. The molecule has 1 atom stereocenters. The maximum Gasteiger partial charge on any atom is 0.328 e. The average molecular weight is 212 g/mol.